The van der Waals surface area contributed by atoms with Crippen molar-refractivity contribution in [2.45, 2.75) is 44.6 Å². The number of carbonyl (C=O) groups is 1. The van der Waals surface area contributed by atoms with Crippen LogP contribution in [0.3, 0.4) is 0 Å². The Morgan fingerprint density at radius 1 is 1.19 bits per heavy atom. The minimum absolute atomic E-state index is 0.00705. The molecule has 1 aliphatic carbocycles. The van der Waals surface area contributed by atoms with E-state index in [1.54, 1.807) is 0 Å². The molecular formula is C18H25NO2. The topological polar surface area (TPSA) is 38.3 Å². The number of carbonyl (C=O) groups excluding carboxylic acids is 1. The van der Waals surface area contributed by atoms with E-state index in [2.05, 4.69) is 31.3 Å². The predicted octanol–water partition coefficient (Wildman–Crippen LogP) is 3.11. The molecule has 0 bridgehead atoms. The van der Waals surface area contributed by atoms with E-state index in [0.29, 0.717) is 11.8 Å². The monoisotopic (exact) mass is 287 g/mol. The predicted molar refractivity (Wildman–Crippen MR) is 83.1 cm³/mol. The number of hydrogen-bond acceptors (Lipinski definition) is 3. The van der Waals surface area contributed by atoms with Gasteiger partial charge in [-0.3, -0.25) is 4.79 Å². The Balaban J connectivity index is 1.57. The molecule has 1 N–H and O–H groups in total. The number of rotatable bonds is 4. The first-order valence-electron chi connectivity index (χ1n) is 8.06. The highest BCUT2D eigenvalue weighted by Gasteiger charge is 2.47. The first-order valence-corrected chi connectivity index (χ1v) is 8.06. The summed E-state index contributed by atoms with van der Waals surface area (Å²) < 4.78 is 5.89. The number of hydrogen-bond donors (Lipinski definition) is 1. The summed E-state index contributed by atoms with van der Waals surface area (Å²) in [5.41, 5.74) is 0.919. The molecule has 1 heterocycles. The van der Waals surface area contributed by atoms with Gasteiger partial charge >= 0.3 is 5.97 Å². The van der Waals surface area contributed by atoms with E-state index in [-0.39, 0.29) is 17.5 Å². The number of ether oxygens (including phenoxy) is 1. The van der Waals surface area contributed by atoms with Crippen molar-refractivity contribution in [3.8, 4) is 0 Å². The lowest BCUT2D eigenvalue weighted by molar-refractivity contribution is -0.164. The fraction of sp³-hybridized carbons (Fsp3) is 0.611. The smallest absolute Gasteiger partial charge is 0.310 e. The van der Waals surface area contributed by atoms with Crippen molar-refractivity contribution in [3.05, 3.63) is 35.9 Å². The van der Waals surface area contributed by atoms with Gasteiger partial charge < -0.3 is 10.1 Å². The molecule has 114 valence electrons. The molecule has 1 aromatic carbocycles. The zero-order chi connectivity index (χ0) is 14.9. The number of benzene rings is 1. The second-order valence-corrected chi connectivity index (χ2v) is 6.91. The summed E-state index contributed by atoms with van der Waals surface area (Å²) in [6.45, 7) is 6.20. The van der Waals surface area contributed by atoms with Crippen LogP contribution in [0, 0.1) is 11.8 Å². The van der Waals surface area contributed by atoms with E-state index in [4.69, 9.17) is 4.74 Å². The standard InChI is InChI=1S/C18H25NO2/c1-18(2,14-8-10-19-11-9-14)21-17(20)16-12-15(16)13-6-4-3-5-7-13/h3-7,14-16,19H,8-12H2,1-2H3. The summed E-state index contributed by atoms with van der Waals surface area (Å²) >= 11 is 0. The Hall–Kier alpha value is -1.35. The lowest BCUT2D eigenvalue weighted by Crippen LogP contribution is -2.43. The third-order valence-electron chi connectivity index (χ3n) is 5.01. The average molecular weight is 287 g/mol. The van der Waals surface area contributed by atoms with Gasteiger partial charge in [0, 0.05) is 5.92 Å². The van der Waals surface area contributed by atoms with Crippen LogP contribution in [-0.2, 0) is 9.53 Å². The van der Waals surface area contributed by atoms with Crippen molar-refractivity contribution < 1.29 is 9.53 Å². The highest BCUT2D eigenvalue weighted by Crippen LogP contribution is 2.49. The molecule has 1 aromatic rings. The fourth-order valence-corrected chi connectivity index (χ4v) is 3.46. The molecule has 21 heavy (non-hydrogen) atoms. The number of nitrogens with one attached hydrogen (secondary N) is 1. The van der Waals surface area contributed by atoms with E-state index < -0.39 is 0 Å². The van der Waals surface area contributed by atoms with Gasteiger partial charge in [-0.05, 0) is 57.7 Å². The van der Waals surface area contributed by atoms with Crippen LogP contribution in [0.4, 0.5) is 0 Å². The second kappa shape index (κ2) is 5.80. The summed E-state index contributed by atoms with van der Waals surface area (Å²) in [4.78, 5) is 12.4. The molecule has 2 aliphatic rings. The van der Waals surface area contributed by atoms with Crippen molar-refractivity contribution in [2.75, 3.05) is 13.1 Å². The highest BCUT2D eigenvalue weighted by atomic mass is 16.6. The molecule has 1 aliphatic heterocycles. The molecule has 3 rings (SSSR count). The lowest BCUT2D eigenvalue weighted by Gasteiger charge is -2.36. The Kier molecular flexibility index (Phi) is 4.03. The summed E-state index contributed by atoms with van der Waals surface area (Å²) in [5, 5.41) is 3.36. The third kappa shape index (κ3) is 3.29. The quantitative estimate of drug-likeness (QED) is 0.865. The van der Waals surface area contributed by atoms with Crippen LogP contribution in [0.15, 0.2) is 30.3 Å². The molecule has 2 atom stereocenters. The molecular weight excluding hydrogens is 262 g/mol. The largest absolute Gasteiger partial charge is 0.459 e. The summed E-state index contributed by atoms with van der Waals surface area (Å²) in [6.07, 6.45) is 3.12. The zero-order valence-corrected chi connectivity index (χ0v) is 13.0. The van der Waals surface area contributed by atoms with Gasteiger partial charge in [-0.2, -0.15) is 0 Å². The summed E-state index contributed by atoms with van der Waals surface area (Å²) in [5.74, 6) is 0.889. The van der Waals surface area contributed by atoms with Crippen molar-refractivity contribution in [1.82, 2.24) is 5.32 Å². The normalized spacial score (nSPS) is 26.4. The first-order chi connectivity index (χ1) is 10.1. The van der Waals surface area contributed by atoms with Gasteiger partial charge in [-0.1, -0.05) is 30.3 Å². The third-order valence-corrected chi connectivity index (χ3v) is 5.01. The SMILES string of the molecule is CC(C)(OC(=O)C1CC1c1ccccc1)C1CCNCC1. The van der Waals surface area contributed by atoms with Gasteiger partial charge in [0.15, 0.2) is 0 Å². The maximum absolute atomic E-state index is 12.4. The molecule has 3 nitrogen and oxygen atoms in total. The van der Waals surface area contributed by atoms with Gasteiger partial charge in [0.05, 0.1) is 5.92 Å². The Bertz CT molecular complexity index is 491. The van der Waals surface area contributed by atoms with E-state index >= 15 is 0 Å². The van der Waals surface area contributed by atoms with Crippen molar-refractivity contribution in [1.29, 1.82) is 0 Å². The van der Waals surface area contributed by atoms with Crippen molar-refractivity contribution in [2.24, 2.45) is 11.8 Å². The van der Waals surface area contributed by atoms with E-state index in [1.165, 1.54) is 5.56 Å². The molecule has 1 saturated carbocycles. The molecule has 0 amide bonds. The van der Waals surface area contributed by atoms with Crippen LogP contribution in [0.1, 0.15) is 44.6 Å². The van der Waals surface area contributed by atoms with Gasteiger partial charge in [-0.15, -0.1) is 0 Å². The minimum Gasteiger partial charge on any atom is -0.459 e. The van der Waals surface area contributed by atoms with Crippen molar-refractivity contribution in [3.63, 3.8) is 0 Å². The fourth-order valence-electron chi connectivity index (χ4n) is 3.46. The minimum atomic E-state index is -0.344. The summed E-state index contributed by atoms with van der Waals surface area (Å²) in [7, 11) is 0. The highest BCUT2D eigenvalue weighted by molar-refractivity contribution is 5.77. The molecule has 1 saturated heterocycles. The molecule has 0 spiro atoms. The molecule has 0 radical (unpaired) electrons. The molecule has 2 fully saturated rings. The van der Waals surface area contributed by atoms with Gasteiger partial charge in [-0.25, -0.2) is 0 Å². The van der Waals surface area contributed by atoms with E-state index in [0.717, 1.165) is 32.4 Å². The zero-order valence-electron chi connectivity index (χ0n) is 13.0. The van der Waals surface area contributed by atoms with Crippen LogP contribution in [0.25, 0.3) is 0 Å². The van der Waals surface area contributed by atoms with Crippen LogP contribution in [0.2, 0.25) is 0 Å². The number of esters is 1. The van der Waals surface area contributed by atoms with Gasteiger partial charge in [0.25, 0.3) is 0 Å². The maximum atomic E-state index is 12.4. The first kappa shape index (κ1) is 14.6. The lowest BCUT2D eigenvalue weighted by atomic mass is 9.83. The molecule has 0 aromatic heterocycles. The molecule has 2 unspecified atom stereocenters. The average Bonchev–Trinajstić information content (AvgIpc) is 3.29. The number of piperidine rings is 1. The van der Waals surface area contributed by atoms with Crippen LogP contribution in [0.5, 0.6) is 0 Å². The second-order valence-electron chi connectivity index (χ2n) is 6.91. The van der Waals surface area contributed by atoms with Crippen LogP contribution < -0.4 is 5.32 Å². The van der Waals surface area contributed by atoms with Crippen LogP contribution >= 0.6 is 0 Å². The Morgan fingerprint density at radius 3 is 2.52 bits per heavy atom. The van der Waals surface area contributed by atoms with Gasteiger partial charge in [0.1, 0.15) is 5.60 Å². The summed E-state index contributed by atoms with van der Waals surface area (Å²) in [6, 6.07) is 10.3. The van der Waals surface area contributed by atoms with E-state index in [9.17, 15) is 4.79 Å². The van der Waals surface area contributed by atoms with E-state index in [1.807, 2.05) is 18.2 Å². The Labute approximate surface area is 127 Å². The van der Waals surface area contributed by atoms with Gasteiger partial charge in [0.2, 0.25) is 0 Å². The molecule has 3 heteroatoms. The maximum Gasteiger partial charge on any atom is 0.310 e. The van der Waals surface area contributed by atoms with Crippen LogP contribution in [-0.4, -0.2) is 24.7 Å². The van der Waals surface area contributed by atoms with Crippen molar-refractivity contribution >= 4 is 5.97 Å². The Morgan fingerprint density at radius 2 is 1.86 bits per heavy atom.